The number of fused-ring (bicyclic) bond motifs is 1. The van der Waals surface area contributed by atoms with Gasteiger partial charge in [-0.15, -0.1) is 0 Å². The van der Waals surface area contributed by atoms with E-state index in [4.69, 9.17) is 0 Å². The second kappa shape index (κ2) is 6.73. The average molecular weight is 325 g/mol. The molecule has 6 heteroatoms. The number of hydrogen-bond donors (Lipinski definition) is 2. The van der Waals surface area contributed by atoms with Gasteiger partial charge in [0.25, 0.3) is 0 Å². The Bertz CT molecular complexity index is 668. The molecule has 1 aliphatic heterocycles. The molecule has 24 heavy (non-hydrogen) atoms. The maximum absolute atomic E-state index is 12.4. The Labute approximate surface area is 141 Å². The van der Waals surface area contributed by atoms with Crippen molar-refractivity contribution in [2.75, 3.05) is 0 Å². The van der Waals surface area contributed by atoms with Gasteiger partial charge in [0.05, 0.1) is 11.7 Å². The molecule has 2 fully saturated rings. The highest BCUT2D eigenvalue weighted by molar-refractivity contribution is 5.82. The third kappa shape index (κ3) is 3.19. The molecule has 2 aliphatic rings. The summed E-state index contributed by atoms with van der Waals surface area (Å²) in [6.07, 6.45) is 9.27. The predicted octanol–water partition coefficient (Wildman–Crippen LogP) is 1.80. The van der Waals surface area contributed by atoms with E-state index >= 15 is 0 Å². The van der Waals surface area contributed by atoms with Crippen molar-refractivity contribution in [1.29, 1.82) is 0 Å². The van der Waals surface area contributed by atoms with E-state index < -0.39 is 0 Å². The zero-order chi connectivity index (χ0) is 16.4. The van der Waals surface area contributed by atoms with Crippen LogP contribution in [0.15, 0.2) is 36.9 Å². The van der Waals surface area contributed by atoms with E-state index in [0.717, 1.165) is 17.7 Å². The van der Waals surface area contributed by atoms with Crippen molar-refractivity contribution in [2.24, 2.45) is 5.92 Å². The van der Waals surface area contributed by atoms with Crippen LogP contribution in [0.4, 0.5) is 0 Å². The zero-order valence-electron chi connectivity index (χ0n) is 13.7. The number of nitrogens with one attached hydrogen (secondary N) is 2. The first kappa shape index (κ1) is 15.3. The molecule has 126 valence electrons. The van der Waals surface area contributed by atoms with Gasteiger partial charge in [-0.2, -0.15) is 5.10 Å². The van der Waals surface area contributed by atoms with E-state index in [0.29, 0.717) is 18.5 Å². The predicted molar refractivity (Wildman–Crippen MR) is 90.5 cm³/mol. The molecule has 0 spiro atoms. The summed E-state index contributed by atoms with van der Waals surface area (Å²) < 4.78 is 1.71. The molecule has 3 unspecified atom stereocenters. The minimum absolute atomic E-state index is 0.0208. The lowest BCUT2D eigenvalue weighted by atomic mass is 9.85. The fourth-order valence-electron chi connectivity index (χ4n) is 3.94. The van der Waals surface area contributed by atoms with E-state index in [1.165, 1.54) is 32.0 Å². The zero-order valence-corrected chi connectivity index (χ0v) is 13.7. The van der Waals surface area contributed by atoms with Crippen LogP contribution in [0.1, 0.15) is 37.7 Å². The average Bonchev–Trinajstić information content (AvgIpc) is 3.29. The molecule has 1 aromatic carbocycles. The van der Waals surface area contributed by atoms with E-state index in [9.17, 15) is 4.79 Å². The normalized spacial score (nSPS) is 26.1. The minimum atomic E-state index is -0.0208. The summed E-state index contributed by atoms with van der Waals surface area (Å²) in [6, 6.07) is 8.53. The summed E-state index contributed by atoms with van der Waals surface area (Å²) in [7, 11) is 0. The number of amides is 1. The number of carbonyl (C=O) groups is 1. The topological polar surface area (TPSA) is 71.8 Å². The van der Waals surface area contributed by atoms with Crippen molar-refractivity contribution in [3.8, 4) is 5.69 Å². The Balaban J connectivity index is 1.31. The number of nitrogens with zero attached hydrogens (tertiary/aromatic N) is 3. The molecule has 4 rings (SSSR count). The molecule has 3 atom stereocenters. The van der Waals surface area contributed by atoms with Gasteiger partial charge in [-0.25, -0.2) is 9.67 Å². The minimum Gasteiger partial charge on any atom is -0.351 e. The van der Waals surface area contributed by atoms with Crippen LogP contribution in [-0.4, -0.2) is 32.8 Å². The highest BCUT2D eigenvalue weighted by atomic mass is 16.2. The van der Waals surface area contributed by atoms with E-state index in [1.54, 1.807) is 11.0 Å². The lowest BCUT2D eigenvalue weighted by Crippen LogP contribution is -2.42. The Morgan fingerprint density at radius 2 is 2.08 bits per heavy atom. The maximum Gasteiger partial charge on any atom is 0.237 e. The molecule has 2 heterocycles. The molecular formula is C18H23N5O. The summed E-state index contributed by atoms with van der Waals surface area (Å²) in [5.41, 5.74) is 2.05. The fraction of sp³-hybridized carbons (Fsp3) is 0.500. The summed E-state index contributed by atoms with van der Waals surface area (Å²) in [5.74, 6) is 0.821. The van der Waals surface area contributed by atoms with Crippen molar-refractivity contribution < 1.29 is 4.79 Å². The first-order valence-corrected chi connectivity index (χ1v) is 8.77. The van der Waals surface area contributed by atoms with Gasteiger partial charge in [-0.3, -0.25) is 4.79 Å². The first-order chi connectivity index (χ1) is 11.8. The van der Waals surface area contributed by atoms with Crippen LogP contribution in [0, 0.1) is 5.92 Å². The molecule has 1 saturated heterocycles. The van der Waals surface area contributed by atoms with Gasteiger partial charge >= 0.3 is 0 Å². The fourth-order valence-corrected chi connectivity index (χ4v) is 3.94. The standard InChI is InChI=1S/C18H23N5O/c24-18(17-9-14-3-1-2-4-16(14)22-17)20-10-13-5-7-15(8-6-13)23-12-19-11-21-23/h5-8,11-12,14,16-17,22H,1-4,9-10H2,(H,20,24). The number of carbonyl (C=O) groups excluding carboxylic acids is 1. The van der Waals surface area contributed by atoms with Gasteiger partial charge in [0.15, 0.2) is 0 Å². The van der Waals surface area contributed by atoms with Gasteiger partial charge in [0.2, 0.25) is 5.91 Å². The molecule has 0 bridgehead atoms. The number of benzene rings is 1. The quantitative estimate of drug-likeness (QED) is 0.899. The lowest BCUT2D eigenvalue weighted by molar-refractivity contribution is -0.123. The van der Waals surface area contributed by atoms with Crippen LogP contribution in [0.2, 0.25) is 0 Å². The molecule has 2 aromatic rings. The SMILES string of the molecule is O=C(NCc1ccc(-n2cncn2)cc1)C1CC2CCCCC2N1. The lowest BCUT2D eigenvalue weighted by Gasteiger charge is -2.24. The summed E-state index contributed by atoms with van der Waals surface area (Å²) in [5, 5.41) is 10.7. The third-order valence-electron chi connectivity index (χ3n) is 5.27. The van der Waals surface area contributed by atoms with Crippen molar-refractivity contribution in [2.45, 2.75) is 50.7 Å². The van der Waals surface area contributed by atoms with Crippen molar-refractivity contribution in [1.82, 2.24) is 25.4 Å². The van der Waals surface area contributed by atoms with Crippen LogP contribution >= 0.6 is 0 Å². The van der Waals surface area contributed by atoms with Gasteiger partial charge in [0, 0.05) is 12.6 Å². The smallest absolute Gasteiger partial charge is 0.237 e. The third-order valence-corrected chi connectivity index (χ3v) is 5.27. The Hall–Kier alpha value is -2.21. The molecule has 2 N–H and O–H groups in total. The number of hydrogen-bond acceptors (Lipinski definition) is 4. The number of aromatic nitrogens is 3. The van der Waals surface area contributed by atoms with Crippen LogP contribution in [0.3, 0.4) is 0 Å². The van der Waals surface area contributed by atoms with Crippen LogP contribution in [0.5, 0.6) is 0 Å². The Kier molecular flexibility index (Phi) is 4.30. The second-order valence-electron chi connectivity index (χ2n) is 6.83. The van der Waals surface area contributed by atoms with Gasteiger partial charge in [0.1, 0.15) is 12.7 Å². The van der Waals surface area contributed by atoms with Crippen molar-refractivity contribution >= 4 is 5.91 Å². The summed E-state index contributed by atoms with van der Waals surface area (Å²) >= 11 is 0. The molecule has 1 aromatic heterocycles. The highest BCUT2D eigenvalue weighted by Crippen LogP contribution is 2.33. The molecule has 0 radical (unpaired) electrons. The monoisotopic (exact) mass is 325 g/mol. The molecule has 1 amide bonds. The van der Waals surface area contributed by atoms with E-state index in [2.05, 4.69) is 20.7 Å². The second-order valence-corrected chi connectivity index (χ2v) is 6.83. The van der Waals surface area contributed by atoms with Crippen LogP contribution < -0.4 is 10.6 Å². The van der Waals surface area contributed by atoms with Crippen molar-refractivity contribution in [3.63, 3.8) is 0 Å². The Morgan fingerprint density at radius 1 is 1.25 bits per heavy atom. The molecule has 1 aliphatic carbocycles. The first-order valence-electron chi connectivity index (χ1n) is 8.77. The van der Waals surface area contributed by atoms with Crippen LogP contribution in [-0.2, 0) is 11.3 Å². The van der Waals surface area contributed by atoms with Crippen molar-refractivity contribution in [3.05, 3.63) is 42.5 Å². The Morgan fingerprint density at radius 3 is 2.83 bits per heavy atom. The summed E-state index contributed by atoms with van der Waals surface area (Å²) in [4.78, 5) is 16.4. The van der Waals surface area contributed by atoms with Gasteiger partial charge < -0.3 is 10.6 Å². The van der Waals surface area contributed by atoms with Gasteiger partial charge in [-0.1, -0.05) is 25.0 Å². The largest absolute Gasteiger partial charge is 0.351 e. The summed E-state index contributed by atoms with van der Waals surface area (Å²) in [6.45, 7) is 0.560. The maximum atomic E-state index is 12.4. The number of rotatable bonds is 4. The van der Waals surface area contributed by atoms with E-state index in [-0.39, 0.29) is 11.9 Å². The van der Waals surface area contributed by atoms with Gasteiger partial charge in [-0.05, 0) is 42.9 Å². The molecular weight excluding hydrogens is 302 g/mol. The molecule has 1 saturated carbocycles. The highest BCUT2D eigenvalue weighted by Gasteiger charge is 2.37. The van der Waals surface area contributed by atoms with E-state index in [1.807, 2.05) is 24.3 Å². The van der Waals surface area contributed by atoms with Crippen LogP contribution in [0.25, 0.3) is 5.69 Å². The molecule has 6 nitrogen and oxygen atoms in total.